The minimum Gasteiger partial charge on any atom is -0.378 e. The number of ether oxygens (including phenoxy) is 1. The number of nitrogens with zero attached hydrogens (tertiary/aromatic N) is 3. The summed E-state index contributed by atoms with van der Waals surface area (Å²) in [6.07, 6.45) is 1.50. The molecule has 0 aromatic heterocycles. The zero-order valence-corrected chi connectivity index (χ0v) is 14.7. The van der Waals surface area contributed by atoms with Gasteiger partial charge in [-0.2, -0.15) is 10.5 Å². The van der Waals surface area contributed by atoms with E-state index in [1.807, 2.05) is 36.4 Å². The lowest BCUT2D eigenvalue weighted by molar-refractivity contribution is -0.112. The molecule has 1 N–H and O–H groups in total. The van der Waals surface area contributed by atoms with Gasteiger partial charge in [0.15, 0.2) is 0 Å². The quantitative estimate of drug-likeness (QED) is 0.670. The molecule has 1 heterocycles. The number of carbonyl (C=O) groups is 1. The number of hydrogen-bond acceptors (Lipinski definition) is 5. The van der Waals surface area contributed by atoms with Crippen LogP contribution in [0.1, 0.15) is 11.1 Å². The average molecular weight is 358 g/mol. The molecule has 6 heteroatoms. The standard InChI is InChI=1S/C21H18N4O2/c22-14-17-3-1-16(2-4-17)13-18(15-23)21(26)24-19-5-7-20(8-6-19)25-9-11-27-12-10-25/h1-8,13H,9-12H2,(H,24,26)/b18-13+. The monoisotopic (exact) mass is 358 g/mol. The maximum atomic E-state index is 12.4. The molecule has 1 aliphatic rings. The highest BCUT2D eigenvalue weighted by molar-refractivity contribution is 6.09. The van der Waals surface area contributed by atoms with E-state index in [9.17, 15) is 10.1 Å². The third kappa shape index (κ3) is 4.72. The zero-order valence-electron chi connectivity index (χ0n) is 14.7. The summed E-state index contributed by atoms with van der Waals surface area (Å²) in [6.45, 7) is 3.11. The second kappa shape index (κ2) is 8.66. The van der Waals surface area contributed by atoms with Crippen LogP contribution in [0.5, 0.6) is 0 Å². The molecule has 0 spiro atoms. The van der Waals surface area contributed by atoms with Gasteiger partial charge in [-0.1, -0.05) is 12.1 Å². The second-order valence-corrected chi connectivity index (χ2v) is 6.00. The van der Waals surface area contributed by atoms with Crippen LogP contribution in [-0.2, 0) is 9.53 Å². The van der Waals surface area contributed by atoms with Crippen molar-refractivity contribution in [2.45, 2.75) is 0 Å². The Hall–Kier alpha value is -3.61. The number of nitrogens with one attached hydrogen (secondary N) is 1. The van der Waals surface area contributed by atoms with E-state index in [4.69, 9.17) is 10.00 Å². The molecule has 1 amide bonds. The topological polar surface area (TPSA) is 89.2 Å². The number of benzene rings is 2. The number of carbonyl (C=O) groups excluding carboxylic acids is 1. The van der Waals surface area contributed by atoms with E-state index >= 15 is 0 Å². The van der Waals surface area contributed by atoms with Crippen molar-refractivity contribution < 1.29 is 9.53 Å². The van der Waals surface area contributed by atoms with Crippen LogP contribution in [0.2, 0.25) is 0 Å². The molecule has 0 saturated carbocycles. The molecule has 0 bridgehead atoms. The largest absolute Gasteiger partial charge is 0.378 e. The molecule has 3 rings (SSSR count). The molecule has 0 radical (unpaired) electrons. The van der Waals surface area contributed by atoms with E-state index in [0.29, 0.717) is 30.0 Å². The zero-order chi connectivity index (χ0) is 19.1. The van der Waals surface area contributed by atoms with E-state index in [2.05, 4.69) is 10.2 Å². The first kappa shape index (κ1) is 18.2. The van der Waals surface area contributed by atoms with Crippen LogP contribution < -0.4 is 10.2 Å². The van der Waals surface area contributed by atoms with Gasteiger partial charge in [0.2, 0.25) is 0 Å². The van der Waals surface area contributed by atoms with Crippen molar-refractivity contribution in [1.82, 2.24) is 0 Å². The number of morpholine rings is 1. The average Bonchev–Trinajstić information content (AvgIpc) is 2.73. The fourth-order valence-electron chi connectivity index (χ4n) is 2.74. The van der Waals surface area contributed by atoms with Crippen LogP contribution in [0.15, 0.2) is 54.1 Å². The molecular formula is C21H18N4O2. The summed E-state index contributed by atoms with van der Waals surface area (Å²) in [7, 11) is 0. The van der Waals surface area contributed by atoms with Crippen molar-refractivity contribution in [3.63, 3.8) is 0 Å². The molecule has 2 aromatic rings. The van der Waals surface area contributed by atoms with Gasteiger partial charge < -0.3 is 15.0 Å². The maximum Gasteiger partial charge on any atom is 0.266 e. The second-order valence-electron chi connectivity index (χ2n) is 6.00. The summed E-state index contributed by atoms with van der Waals surface area (Å²) in [6, 6.07) is 18.1. The first-order valence-corrected chi connectivity index (χ1v) is 8.55. The smallest absolute Gasteiger partial charge is 0.266 e. The minimum absolute atomic E-state index is 0.00281. The number of anilines is 2. The predicted molar refractivity (Wildman–Crippen MR) is 103 cm³/mol. The number of hydrogen-bond donors (Lipinski definition) is 1. The molecule has 2 aromatic carbocycles. The Kier molecular flexibility index (Phi) is 5.84. The Morgan fingerprint density at radius 1 is 1.04 bits per heavy atom. The van der Waals surface area contributed by atoms with Gasteiger partial charge in [-0.15, -0.1) is 0 Å². The number of nitriles is 2. The first-order chi connectivity index (χ1) is 13.2. The third-order valence-corrected chi connectivity index (χ3v) is 4.22. The molecule has 0 unspecified atom stereocenters. The lowest BCUT2D eigenvalue weighted by Crippen LogP contribution is -2.36. The summed E-state index contributed by atoms with van der Waals surface area (Å²) < 4.78 is 5.35. The molecule has 1 saturated heterocycles. The van der Waals surface area contributed by atoms with Crippen molar-refractivity contribution in [3.8, 4) is 12.1 Å². The Morgan fingerprint density at radius 3 is 2.30 bits per heavy atom. The van der Waals surface area contributed by atoms with Crippen molar-refractivity contribution in [2.24, 2.45) is 0 Å². The van der Waals surface area contributed by atoms with Crippen molar-refractivity contribution in [3.05, 3.63) is 65.2 Å². The molecular weight excluding hydrogens is 340 g/mol. The van der Waals surface area contributed by atoms with Gasteiger partial charge in [0.25, 0.3) is 5.91 Å². The van der Waals surface area contributed by atoms with Gasteiger partial charge in [-0.05, 0) is 48.0 Å². The molecule has 6 nitrogen and oxygen atoms in total. The normalized spacial score (nSPS) is 14.1. The molecule has 1 fully saturated rings. The molecule has 134 valence electrons. The van der Waals surface area contributed by atoms with Gasteiger partial charge in [0.1, 0.15) is 11.6 Å². The van der Waals surface area contributed by atoms with Crippen LogP contribution in [-0.4, -0.2) is 32.2 Å². The van der Waals surface area contributed by atoms with E-state index < -0.39 is 5.91 Å². The molecule has 27 heavy (non-hydrogen) atoms. The van der Waals surface area contributed by atoms with Crippen LogP contribution in [0.4, 0.5) is 11.4 Å². The maximum absolute atomic E-state index is 12.4. The van der Waals surface area contributed by atoms with E-state index in [1.54, 1.807) is 24.3 Å². The Bertz CT molecular complexity index is 913. The van der Waals surface area contributed by atoms with E-state index in [0.717, 1.165) is 18.8 Å². The Balaban J connectivity index is 1.68. The van der Waals surface area contributed by atoms with Crippen molar-refractivity contribution in [1.29, 1.82) is 10.5 Å². The van der Waals surface area contributed by atoms with Crippen molar-refractivity contribution in [2.75, 3.05) is 36.5 Å². The third-order valence-electron chi connectivity index (χ3n) is 4.22. The first-order valence-electron chi connectivity index (χ1n) is 8.55. The fourth-order valence-corrected chi connectivity index (χ4v) is 2.74. The van der Waals surface area contributed by atoms with Gasteiger partial charge in [-0.3, -0.25) is 4.79 Å². The van der Waals surface area contributed by atoms with Crippen molar-refractivity contribution >= 4 is 23.4 Å². The summed E-state index contributed by atoms with van der Waals surface area (Å²) in [5.74, 6) is -0.471. The van der Waals surface area contributed by atoms with Gasteiger partial charge in [-0.25, -0.2) is 0 Å². The van der Waals surface area contributed by atoms with Gasteiger partial charge in [0.05, 0.1) is 24.8 Å². The fraction of sp³-hybridized carbons (Fsp3) is 0.190. The lowest BCUT2D eigenvalue weighted by Gasteiger charge is -2.28. The summed E-state index contributed by atoms with van der Waals surface area (Å²) in [4.78, 5) is 14.6. The lowest BCUT2D eigenvalue weighted by atomic mass is 10.1. The van der Waals surface area contributed by atoms with Crippen LogP contribution in [0.3, 0.4) is 0 Å². The predicted octanol–water partition coefficient (Wildman–Crippen LogP) is 2.94. The van der Waals surface area contributed by atoms with Crippen LogP contribution in [0, 0.1) is 22.7 Å². The number of rotatable bonds is 4. The van der Waals surface area contributed by atoms with Crippen LogP contribution >= 0.6 is 0 Å². The summed E-state index contributed by atoms with van der Waals surface area (Å²) in [5.41, 5.74) is 2.90. The highest BCUT2D eigenvalue weighted by Crippen LogP contribution is 2.19. The van der Waals surface area contributed by atoms with E-state index in [1.165, 1.54) is 6.08 Å². The highest BCUT2D eigenvalue weighted by atomic mass is 16.5. The SMILES string of the molecule is N#C/C(=C\c1ccc(C#N)cc1)C(=O)Nc1ccc(N2CCOCC2)cc1. The summed E-state index contributed by atoms with van der Waals surface area (Å²) in [5, 5.41) is 20.9. The molecule has 0 aliphatic carbocycles. The Labute approximate surface area is 157 Å². The molecule has 0 atom stereocenters. The van der Waals surface area contributed by atoms with Gasteiger partial charge >= 0.3 is 0 Å². The number of amides is 1. The highest BCUT2D eigenvalue weighted by Gasteiger charge is 2.12. The minimum atomic E-state index is -0.471. The summed E-state index contributed by atoms with van der Waals surface area (Å²) >= 11 is 0. The van der Waals surface area contributed by atoms with Gasteiger partial charge in [0, 0.05) is 24.5 Å². The molecule has 1 aliphatic heterocycles. The van der Waals surface area contributed by atoms with Crippen LogP contribution in [0.25, 0.3) is 6.08 Å². The Morgan fingerprint density at radius 2 is 1.70 bits per heavy atom. The van der Waals surface area contributed by atoms with E-state index in [-0.39, 0.29) is 5.57 Å².